The maximum atomic E-state index is 10.2. The maximum Gasteiger partial charge on any atom is 0.178 e. The molecule has 1 saturated heterocycles. The van der Waals surface area contributed by atoms with Gasteiger partial charge in [-0.05, 0) is 49.7 Å². The van der Waals surface area contributed by atoms with Gasteiger partial charge in [0, 0.05) is 18.1 Å². The lowest BCUT2D eigenvalue weighted by Gasteiger charge is -2.30. The topological polar surface area (TPSA) is 68.0 Å². The fourth-order valence-corrected chi connectivity index (χ4v) is 3.11. The van der Waals surface area contributed by atoms with Crippen LogP contribution in [0.1, 0.15) is 13.3 Å². The third kappa shape index (κ3) is 4.57. The lowest BCUT2D eigenvalue weighted by molar-refractivity contribution is -0.0506. The Balaban J connectivity index is 1.63. The molecular formula is C19H23ClN2O3. The first-order valence-corrected chi connectivity index (χ1v) is 8.76. The van der Waals surface area contributed by atoms with Gasteiger partial charge < -0.3 is 20.3 Å². The van der Waals surface area contributed by atoms with Gasteiger partial charge in [-0.15, -0.1) is 0 Å². The molecule has 0 bridgehead atoms. The molecule has 6 heteroatoms. The number of nitrogens with two attached hydrogens (primary N) is 1. The predicted molar refractivity (Wildman–Crippen MR) is 99.0 cm³/mol. The number of nitrogen functional groups attached to an aromatic ring is 1. The molecule has 2 aromatic rings. The molecule has 5 nitrogen and oxygen atoms in total. The van der Waals surface area contributed by atoms with Gasteiger partial charge in [0.2, 0.25) is 0 Å². The van der Waals surface area contributed by atoms with Gasteiger partial charge in [-0.3, -0.25) is 4.90 Å². The second-order valence-electron chi connectivity index (χ2n) is 6.26. The van der Waals surface area contributed by atoms with E-state index in [-0.39, 0.29) is 6.10 Å². The van der Waals surface area contributed by atoms with Crippen molar-refractivity contribution in [2.75, 3.05) is 18.8 Å². The zero-order valence-electron chi connectivity index (χ0n) is 14.1. The van der Waals surface area contributed by atoms with Crippen LogP contribution < -0.4 is 15.2 Å². The smallest absolute Gasteiger partial charge is 0.178 e. The van der Waals surface area contributed by atoms with E-state index in [1.807, 2.05) is 42.5 Å². The molecule has 0 spiro atoms. The second-order valence-corrected chi connectivity index (χ2v) is 6.70. The highest BCUT2D eigenvalue weighted by Crippen LogP contribution is 2.26. The van der Waals surface area contributed by atoms with Crippen molar-refractivity contribution < 1.29 is 14.6 Å². The minimum Gasteiger partial charge on any atom is -0.489 e. The van der Waals surface area contributed by atoms with Crippen LogP contribution in [0, 0.1) is 0 Å². The first-order valence-electron chi connectivity index (χ1n) is 8.38. The SMILES string of the molecule is CC(O)C(Oc1ccccc1N)N1CCC(Oc2ccc(Cl)cc2)C1. The largest absolute Gasteiger partial charge is 0.489 e. The molecule has 1 fully saturated rings. The van der Waals surface area contributed by atoms with Crippen LogP contribution in [-0.4, -0.2) is 41.5 Å². The number of aliphatic hydroxyl groups excluding tert-OH is 1. The highest BCUT2D eigenvalue weighted by molar-refractivity contribution is 6.30. The fraction of sp³-hybridized carbons (Fsp3) is 0.368. The van der Waals surface area contributed by atoms with Gasteiger partial charge in [0.15, 0.2) is 6.23 Å². The monoisotopic (exact) mass is 362 g/mol. The van der Waals surface area contributed by atoms with Gasteiger partial charge in [0.05, 0.1) is 5.69 Å². The summed E-state index contributed by atoms with van der Waals surface area (Å²) >= 11 is 5.90. The zero-order chi connectivity index (χ0) is 17.8. The van der Waals surface area contributed by atoms with E-state index in [2.05, 4.69) is 4.90 Å². The molecule has 3 unspecified atom stereocenters. The van der Waals surface area contributed by atoms with E-state index in [1.165, 1.54) is 0 Å². The van der Waals surface area contributed by atoms with E-state index in [0.717, 1.165) is 18.7 Å². The molecule has 3 rings (SSSR count). The van der Waals surface area contributed by atoms with E-state index >= 15 is 0 Å². The Morgan fingerprint density at radius 3 is 2.60 bits per heavy atom. The number of para-hydroxylation sites is 2. The van der Waals surface area contributed by atoms with Crippen LogP contribution in [0.25, 0.3) is 0 Å². The number of nitrogens with zero attached hydrogens (tertiary/aromatic N) is 1. The van der Waals surface area contributed by atoms with Gasteiger partial charge in [-0.1, -0.05) is 23.7 Å². The molecule has 0 aromatic heterocycles. The van der Waals surface area contributed by atoms with Gasteiger partial charge in [-0.25, -0.2) is 0 Å². The zero-order valence-corrected chi connectivity index (χ0v) is 14.9. The van der Waals surface area contributed by atoms with Crippen molar-refractivity contribution in [2.24, 2.45) is 0 Å². The van der Waals surface area contributed by atoms with Crippen LogP contribution in [0.15, 0.2) is 48.5 Å². The number of aliphatic hydroxyl groups is 1. The highest BCUT2D eigenvalue weighted by Gasteiger charge is 2.33. The summed E-state index contributed by atoms with van der Waals surface area (Å²) in [5, 5.41) is 10.9. The molecule has 0 aliphatic carbocycles. The van der Waals surface area contributed by atoms with Crippen LogP contribution in [-0.2, 0) is 0 Å². The molecule has 0 amide bonds. The van der Waals surface area contributed by atoms with Crippen LogP contribution in [0.4, 0.5) is 5.69 Å². The van der Waals surface area contributed by atoms with Crippen LogP contribution in [0.2, 0.25) is 5.02 Å². The van der Waals surface area contributed by atoms with Gasteiger partial charge >= 0.3 is 0 Å². The molecule has 2 aromatic carbocycles. The van der Waals surface area contributed by atoms with E-state index < -0.39 is 12.3 Å². The molecular weight excluding hydrogens is 340 g/mol. The van der Waals surface area contributed by atoms with Crippen molar-refractivity contribution in [1.29, 1.82) is 0 Å². The van der Waals surface area contributed by atoms with Crippen LogP contribution >= 0.6 is 11.6 Å². The van der Waals surface area contributed by atoms with Gasteiger partial charge in [-0.2, -0.15) is 0 Å². The summed E-state index contributed by atoms with van der Waals surface area (Å²) in [7, 11) is 0. The average molecular weight is 363 g/mol. The lowest BCUT2D eigenvalue weighted by Crippen LogP contribution is -2.46. The number of likely N-dealkylation sites (tertiary alicyclic amines) is 1. The number of halogens is 1. The van der Waals surface area contributed by atoms with Crippen molar-refractivity contribution in [3.63, 3.8) is 0 Å². The van der Waals surface area contributed by atoms with Crippen molar-refractivity contribution in [1.82, 2.24) is 4.90 Å². The summed E-state index contributed by atoms with van der Waals surface area (Å²) in [6.07, 6.45) is -0.226. The minimum absolute atomic E-state index is 0.0409. The number of hydrogen-bond acceptors (Lipinski definition) is 5. The third-order valence-electron chi connectivity index (χ3n) is 4.23. The normalized spacial score (nSPS) is 20.2. The lowest BCUT2D eigenvalue weighted by atomic mass is 10.3. The number of hydrogen-bond donors (Lipinski definition) is 2. The first kappa shape index (κ1) is 17.9. The van der Waals surface area contributed by atoms with E-state index in [9.17, 15) is 5.11 Å². The second kappa shape index (κ2) is 7.95. The number of anilines is 1. The predicted octanol–water partition coefficient (Wildman–Crippen LogP) is 3.16. The average Bonchev–Trinajstić information content (AvgIpc) is 3.04. The molecule has 3 N–H and O–H groups in total. The molecule has 1 aliphatic rings. The fourth-order valence-electron chi connectivity index (χ4n) is 2.98. The Morgan fingerprint density at radius 2 is 1.92 bits per heavy atom. The number of ether oxygens (including phenoxy) is 2. The molecule has 1 heterocycles. The Bertz CT molecular complexity index is 693. The van der Waals surface area contributed by atoms with Crippen molar-refractivity contribution in [3.8, 4) is 11.5 Å². The maximum absolute atomic E-state index is 10.2. The molecule has 3 atom stereocenters. The van der Waals surface area contributed by atoms with E-state index in [1.54, 1.807) is 13.0 Å². The Labute approximate surface area is 152 Å². The Kier molecular flexibility index (Phi) is 5.68. The standard InChI is InChI=1S/C19H23ClN2O3/c1-13(23)19(25-18-5-3-2-4-17(18)21)22-11-10-16(12-22)24-15-8-6-14(20)7-9-15/h2-9,13,16,19,23H,10-12,21H2,1H3. The third-order valence-corrected chi connectivity index (χ3v) is 4.48. The highest BCUT2D eigenvalue weighted by atomic mass is 35.5. The summed E-state index contributed by atoms with van der Waals surface area (Å²) in [6.45, 7) is 3.17. The summed E-state index contributed by atoms with van der Waals surface area (Å²) in [5.74, 6) is 1.37. The van der Waals surface area contributed by atoms with Gasteiger partial charge in [0.25, 0.3) is 0 Å². The molecule has 25 heavy (non-hydrogen) atoms. The molecule has 0 radical (unpaired) electrons. The summed E-state index contributed by atoms with van der Waals surface area (Å²) in [5.41, 5.74) is 6.51. The number of benzene rings is 2. The van der Waals surface area contributed by atoms with Crippen molar-refractivity contribution in [3.05, 3.63) is 53.6 Å². The summed E-state index contributed by atoms with van der Waals surface area (Å²) in [6, 6.07) is 14.6. The molecule has 1 aliphatic heterocycles. The Morgan fingerprint density at radius 1 is 1.20 bits per heavy atom. The van der Waals surface area contributed by atoms with Crippen LogP contribution in [0.3, 0.4) is 0 Å². The minimum atomic E-state index is -0.658. The van der Waals surface area contributed by atoms with Gasteiger partial charge in [0.1, 0.15) is 23.7 Å². The molecule has 0 saturated carbocycles. The van der Waals surface area contributed by atoms with Crippen molar-refractivity contribution >= 4 is 17.3 Å². The van der Waals surface area contributed by atoms with Crippen LogP contribution in [0.5, 0.6) is 11.5 Å². The molecule has 134 valence electrons. The quantitative estimate of drug-likeness (QED) is 0.772. The van der Waals surface area contributed by atoms with E-state index in [4.69, 9.17) is 26.8 Å². The summed E-state index contributed by atoms with van der Waals surface area (Å²) < 4.78 is 12.0. The number of rotatable bonds is 6. The van der Waals surface area contributed by atoms with E-state index in [0.29, 0.717) is 23.0 Å². The summed E-state index contributed by atoms with van der Waals surface area (Å²) in [4.78, 5) is 2.08. The van der Waals surface area contributed by atoms with Crippen molar-refractivity contribution in [2.45, 2.75) is 31.8 Å². The first-order chi connectivity index (χ1) is 12.0. The Hall–Kier alpha value is -1.95.